The highest BCUT2D eigenvalue weighted by Crippen LogP contribution is 2.23. The van der Waals surface area contributed by atoms with Crippen molar-refractivity contribution in [2.24, 2.45) is 0 Å². The van der Waals surface area contributed by atoms with Gasteiger partial charge in [0.05, 0.1) is 30.4 Å². The first-order valence-electron chi connectivity index (χ1n) is 12.8. The largest absolute Gasteiger partial charge is 0.478 e. The average molecular weight is 550 g/mol. The fourth-order valence-electron chi connectivity index (χ4n) is 4.74. The molecule has 3 aliphatic heterocycles. The normalized spacial score (nSPS) is 20.9. The fraction of sp³-hybridized carbons (Fsp3) is 0.286. The number of carbonyl (C=O) groups is 4. The van der Waals surface area contributed by atoms with Crippen molar-refractivity contribution in [1.29, 1.82) is 0 Å². The molecular formula is C28H28FN5O6. The third kappa shape index (κ3) is 6.12. The summed E-state index contributed by atoms with van der Waals surface area (Å²) in [6.45, 7) is 2.47. The number of amides is 3. The van der Waals surface area contributed by atoms with Crippen molar-refractivity contribution in [3.05, 3.63) is 84.2 Å². The van der Waals surface area contributed by atoms with E-state index < -0.39 is 35.5 Å². The van der Waals surface area contributed by atoms with E-state index in [2.05, 4.69) is 15.5 Å². The Morgan fingerprint density at radius 2 is 1.77 bits per heavy atom. The third-order valence-electron chi connectivity index (χ3n) is 6.91. The van der Waals surface area contributed by atoms with Gasteiger partial charge in [0.25, 0.3) is 5.91 Å². The molecule has 0 bridgehead atoms. The van der Waals surface area contributed by atoms with Crippen molar-refractivity contribution in [2.45, 2.75) is 25.0 Å². The van der Waals surface area contributed by atoms with Crippen molar-refractivity contribution in [1.82, 2.24) is 15.5 Å². The van der Waals surface area contributed by atoms with Gasteiger partial charge in [0, 0.05) is 55.7 Å². The Labute approximate surface area is 229 Å². The van der Waals surface area contributed by atoms with Crippen LogP contribution in [0.1, 0.15) is 33.6 Å². The number of ether oxygens (including phenoxy) is 1. The van der Waals surface area contributed by atoms with Gasteiger partial charge in [-0.2, -0.15) is 0 Å². The number of hydrogen-bond donors (Lipinski definition) is 3. The second-order valence-corrected chi connectivity index (χ2v) is 9.63. The predicted molar refractivity (Wildman–Crippen MR) is 143 cm³/mol. The molecular weight excluding hydrogens is 521 g/mol. The number of benzene rings is 2. The highest BCUT2D eigenvalue weighted by molar-refractivity contribution is 6.04. The number of piperidine rings is 1. The molecule has 5 rings (SSSR count). The molecule has 0 unspecified atom stereocenters. The van der Waals surface area contributed by atoms with Crippen LogP contribution in [0, 0.1) is 5.82 Å². The maximum atomic E-state index is 14.8. The number of halogens is 1. The van der Waals surface area contributed by atoms with E-state index in [1.807, 2.05) is 17.3 Å². The molecule has 3 amide bonds. The molecule has 2 aromatic rings. The topological polar surface area (TPSA) is 132 Å². The van der Waals surface area contributed by atoms with E-state index in [1.165, 1.54) is 12.1 Å². The van der Waals surface area contributed by atoms with E-state index in [4.69, 9.17) is 9.84 Å². The Kier molecular flexibility index (Phi) is 7.78. The van der Waals surface area contributed by atoms with Gasteiger partial charge in [-0.1, -0.05) is 0 Å². The molecule has 3 heterocycles. The van der Waals surface area contributed by atoms with Crippen LogP contribution in [0.25, 0.3) is 0 Å². The van der Waals surface area contributed by atoms with Crippen LogP contribution >= 0.6 is 0 Å². The van der Waals surface area contributed by atoms with Crippen LogP contribution in [0.2, 0.25) is 0 Å². The summed E-state index contributed by atoms with van der Waals surface area (Å²) in [6, 6.07) is 10.1. The molecule has 3 aliphatic rings. The molecule has 0 spiro atoms. The van der Waals surface area contributed by atoms with Crippen LogP contribution in [0.15, 0.2) is 67.3 Å². The Morgan fingerprint density at radius 1 is 1.05 bits per heavy atom. The second-order valence-electron chi connectivity index (χ2n) is 9.63. The number of carbonyl (C=O) groups excluding carboxylic acids is 3. The summed E-state index contributed by atoms with van der Waals surface area (Å²) in [5, 5.41) is 13.7. The molecule has 0 radical (unpaired) electrons. The molecule has 208 valence electrons. The van der Waals surface area contributed by atoms with E-state index >= 15 is 0 Å². The highest BCUT2D eigenvalue weighted by Gasteiger charge is 2.29. The predicted octanol–water partition coefficient (Wildman–Crippen LogP) is 2.03. The minimum absolute atomic E-state index is 0.0895. The fourth-order valence-corrected chi connectivity index (χ4v) is 4.74. The first-order valence-corrected chi connectivity index (χ1v) is 12.8. The zero-order chi connectivity index (χ0) is 28.2. The summed E-state index contributed by atoms with van der Waals surface area (Å²) < 4.78 is 20.8. The van der Waals surface area contributed by atoms with Gasteiger partial charge in [0.1, 0.15) is 11.9 Å². The van der Waals surface area contributed by atoms with Gasteiger partial charge in [-0.05, 0) is 48.9 Å². The maximum absolute atomic E-state index is 14.8. The summed E-state index contributed by atoms with van der Waals surface area (Å²) >= 11 is 0. The standard InChI is InChI=1S/C28H28FN5O6/c29-23-15-20(5-6-22(23)26(36)30-24-7-8-25(35)31-27(24)37)33-11-9-32(10-12-33)16-21-17-34(13-14-40-21)19-3-1-18(2-4-19)28(38)39/h1-6,9-12,15,21,24H,7-8,13-14,16-17H2,(H,30,36)(H,38,39)(H,31,35,37)/t21-,24+/m1/s1. The Hall–Kier alpha value is -4.71. The van der Waals surface area contributed by atoms with Crippen molar-refractivity contribution in [3.63, 3.8) is 0 Å². The number of hydrogen-bond acceptors (Lipinski definition) is 8. The summed E-state index contributed by atoms with van der Waals surface area (Å²) in [6.07, 6.45) is 7.40. The maximum Gasteiger partial charge on any atom is 0.335 e. The average Bonchev–Trinajstić information content (AvgIpc) is 2.95. The molecule has 2 atom stereocenters. The lowest BCUT2D eigenvalue weighted by Gasteiger charge is -2.36. The second kappa shape index (κ2) is 11.6. The number of carboxylic acids is 1. The molecule has 11 nitrogen and oxygen atoms in total. The van der Waals surface area contributed by atoms with E-state index in [-0.39, 0.29) is 30.1 Å². The van der Waals surface area contributed by atoms with Crippen LogP contribution in [-0.4, -0.2) is 72.1 Å². The third-order valence-corrected chi connectivity index (χ3v) is 6.91. The molecule has 2 fully saturated rings. The zero-order valence-electron chi connectivity index (χ0n) is 21.5. The Morgan fingerprint density at radius 3 is 2.45 bits per heavy atom. The summed E-state index contributed by atoms with van der Waals surface area (Å²) in [7, 11) is 0. The smallest absolute Gasteiger partial charge is 0.335 e. The van der Waals surface area contributed by atoms with Crippen LogP contribution < -0.4 is 20.4 Å². The van der Waals surface area contributed by atoms with Crippen molar-refractivity contribution in [2.75, 3.05) is 36.0 Å². The lowest BCUT2D eigenvalue weighted by molar-refractivity contribution is -0.134. The van der Waals surface area contributed by atoms with Gasteiger partial charge in [-0.15, -0.1) is 0 Å². The van der Waals surface area contributed by atoms with Crippen molar-refractivity contribution < 1.29 is 33.4 Å². The van der Waals surface area contributed by atoms with Gasteiger partial charge in [0.2, 0.25) is 11.8 Å². The molecule has 12 heteroatoms. The number of nitrogens with one attached hydrogen (secondary N) is 2. The van der Waals surface area contributed by atoms with Crippen LogP contribution in [0.3, 0.4) is 0 Å². The SMILES string of the molecule is O=C1CC[C@H](NC(=O)c2ccc(N3C=CN(C[C@@H]4CN(c5ccc(C(=O)O)cc5)CCO4)C=C3)cc2F)C(=O)N1. The molecule has 0 aromatic heterocycles. The first-order chi connectivity index (χ1) is 19.3. The number of rotatable bonds is 7. The van der Waals surface area contributed by atoms with E-state index in [0.29, 0.717) is 31.9 Å². The lowest BCUT2D eigenvalue weighted by Crippen LogP contribution is -2.52. The van der Waals surface area contributed by atoms with E-state index in [9.17, 15) is 23.6 Å². The number of aromatic carboxylic acids is 1. The quantitative estimate of drug-likeness (QED) is 0.444. The minimum Gasteiger partial charge on any atom is -0.478 e. The first kappa shape index (κ1) is 26.9. The molecule has 2 saturated heterocycles. The van der Waals surface area contributed by atoms with Crippen LogP contribution in [0.5, 0.6) is 0 Å². The van der Waals surface area contributed by atoms with Crippen molar-refractivity contribution in [3.8, 4) is 0 Å². The number of anilines is 2. The molecule has 3 N–H and O–H groups in total. The highest BCUT2D eigenvalue weighted by atomic mass is 19.1. The summed E-state index contributed by atoms with van der Waals surface area (Å²) in [4.78, 5) is 52.6. The minimum atomic E-state index is -0.960. The van der Waals surface area contributed by atoms with E-state index in [0.717, 1.165) is 5.69 Å². The Balaban J connectivity index is 1.15. The molecule has 40 heavy (non-hydrogen) atoms. The van der Waals surface area contributed by atoms with Gasteiger partial charge in [-0.3, -0.25) is 19.7 Å². The molecule has 2 aromatic carbocycles. The van der Waals surface area contributed by atoms with Gasteiger partial charge in [-0.25, -0.2) is 9.18 Å². The number of morpholine rings is 1. The van der Waals surface area contributed by atoms with Gasteiger partial charge < -0.3 is 29.9 Å². The lowest BCUT2D eigenvalue weighted by atomic mass is 10.1. The summed E-state index contributed by atoms with van der Waals surface area (Å²) in [5.74, 6) is -3.42. The number of nitrogens with zero attached hydrogens (tertiary/aromatic N) is 3. The van der Waals surface area contributed by atoms with Crippen molar-refractivity contribution >= 4 is 35.1 Å². The Bertz CT molecular complexity index is 1360. The molecule has 0 saturated carbocycles. The van der Waals surface area contributed by atoms with E-state index in [1.54, 1.807) is 47.6 Å². The van der Waals surface area contributed by atoms with Crippen LogP contribution in [-0.2, 0) is 14.3 Å². The van der Waals surface area contributed by atoms with Gasteiger partial charge in [0.15, 0.2) is 0 Å². The number of imide groups is 1. The number of carboxylic acid groups (broad SMARTS) is 1. The van der Waals surface area contributed by atoms with Gasteiger partial charge >= 0.3 is 5.97 Å². The molecule has 0 aliphatic carbocycles. The monoisotopic (exact) mass is 549 g/mol. The van der Waals surface area contributed by atoms with Crippen LogP contribution in [0.4, 0.5) is 15.8 Å². The summed E-state index contributed by atoms with van der Waals surface area (Å²) in [5.41, 5.74) is 1.49. The zero-order valence-corrected chi connectivity index (χ0v) is 21.5.